The van der Waals surface area contributed by atoms with Crippen LogP contribution in [0.2, 0.25) is 0 Å². The number of phenols is 1. The number of aliphatic hydroxyl groups excluding tert-OH is 1. The molecule has 0 saturated carbocycles. The molecule has 2 saturated heterocycles. The molecule has 326 valence electrons. The van der Waals surface area contributed by atoms with Gasteiger partial charge in [0.15, 0.2) is 5.82 Å². The summed E-state index contributed by atoms with van der Waals surface area (Å²) in [6.07, 6.45) is 4.27. The molecule has 0 spiro atoms. The Labute approximate surface area is 362 Å². The van der Waals surface area contributed by atoms with Crippen LogP contribution in [0.1, 0.15) is 89.7 Å². The van der Waals surface area contributed by atoms with E-state index in [1.807, 2.05) is 57.2 Å². The second-order valence-corrected chi connectivity index (χ2v) is 18.3. The van der Waals surface area contributed by atoms with Crippen molar-refractivity contribution in [3.63, 3.8) is 0 Å². The number of aromatic nitrogens is 2. The number of nitrogens with one attached hydrogen (secondary N) is 3. The van der Waals surface area contributed by atoms with Gasteiger partial charge in [0.25, 0.3) is 0 Å². The molecule has 61 heavy (non-hydrogen) atoms. The normalized spacial score (nSPS) is 17.5. The van der Waals surface area contributed by atoms with E-state index in [1.165, 1.54) is 15.3 Å². The number of phenolic OH excluding ortho intramolecular Hbond substituents is 1. The summed E-state index contributed by atoms with van der Waals surface area (Å²) in [5.74, 6) is -0.536. The Morgan fingerprint density at radius 3 is 2.28 bits per heavy atom. The van der Waals surface area contributed by atoms with Gasteiger partial charge in [0.05, 0.1) is 17.5 Å². The third-order valence-electron chi connectivity index (χ3n) is 11.6. The molecule has 7 N–H and O–H groups in total. The first-order chi connectivity index (χ1) is 29.2. The third-order valence-corrected chi connectivity index (χ3v) is 12.6. The number of carbonyl (C=O) groups is 4. The minimum Gasteiger partial charge on any atom is -0.507 e. The molecule has 2 aromatic heterocycles. The van der Waals surface area contributed by atoms with Crippen LogP contribution >= 0.6 is 11.3 Å². The number of rotatable bonds is 16. The van der Waals surface area contributed by atoms with Crippen molar-refractivity contribution in [1.29, 1.82) is 0 Å². The highest BCUT2D eigenvalue weighted by atomic mass is 32.1. The first-order valence-electron chi connectivity index (χ1n) is 21.3. The monoisotopic (exact) mass is 852 g/mol. The van der Waals surface area contributed by atoms with Crippen molar-refractivity contribution in [2.45, 2.75) is 116 Å². The molecule has 0 aliphatic carbocycles. The molecule has 4 aromatic rings. The number of piperidine rings is 1. The molecule has 2 aliphatic rings. The van der Waals surface area contributed by atoms with Gasteiger partial charge in [-0.1, -0.05) is 70.0 Å². The Kier molecular flexibility index (Phi) is 15.0. The lowest BCUT2D eigenvalue weighted by molar-refractivity contribution is -0.144. The van der Waals surface area contributed by atoms with Crippen molar-refractivity contribution in [3.8, 4) is 27.4 Å². The Morgan fingerprint density at radius 2 is 1.62 bits per heavy atom. The van der Waals surface area contributed by atoms with Crippen molar-refractivity contribution in [2.75, 3.05) is 30.3 Å². The summed E-state index contributed by atoms with van der Waals surface area (Å²) in [6.45, 7) is 9.37. The number of aliphatic hydroxyl groups is 1. The lowest BCUT2D eigenvalue weighted by atomic mass is 9.85. The van der Waals surface area contributed by atoms with E-state index in [0.29, 0.717) is 49.4 Å². The van der Waals surface area contributed by atoms with E-state index >= 15 is 0 Å². The number of anilines is 2. The average molecular weight is 853 g/mol. The molecule has 15 heteroatoms. The van der Waals surface area contributed by atoms with E-state index in [2.05, 4.69) is 49.4 Å². The minimum absolute atomic E-state index is 0.00669. The minimum atomic E-state index is -0.885. The van der Waals surface area contributed by atoms with Crippen molar-refractivity contribution < 1.29 is 29.4 Å². The van der Waals surface area contributed by atoms with Crippen LogP contribution in [0.25, 0.3) is 21.7 Å². The van der Waals surface area contributed by atoms with E-state index in [0.717, 1.165) is 42.5 Å². The van der Waals surface area contributed by atoms with Gasteiger partial charge in [-0.25, -0.2) is 0 Å². The fourth-order valence-corrected chi connectivity index (χ4v) is 8.99. The number of nitrogen functional groups attached to an aromatic ring is 1. The van der Waals surface area contributed by atoms with Gasteiger partial charge in [-0.05, 0) is 84.4 Å². The van der Waals surface area contributed by atoms with Gasteiger partial charge >= 0.3 is 0 Å². The van der Waals surface area contributed by atoms with Gasteiger partial charge < -0.3 is 41.7 Å². The van der Waals surface area contributed by atoms with Gasteiger partial charge in [-0.2, -0.15) is 0 Å². The Morgan fingerprint density at radius 1 is 0.934 bits per heavy atom. The molecular weight excluding hydrogens is 793 g/mol. The van der Waals surface area contributed by atoms with Gasteiger partial charge in [0.1, 0.15) is 17.8 Å². The maximum atomic E-state index is 14.0. The smallest absolute Gasteiger partial charge is 0.246 e. The average Bonchev–Trinajstić information content (AvgIpc) is 3.85. The standard InChI is InChI=1S/C46H60N8O6S/c1-29-21-24-61-41(29)31-17-15-30(16-18-31)27-48-44(59)37-25-33(55)28-54(37)45(60)42(46(2,3)4)50-40(58)14-8-6-5-7-13-39(57)49-32-19-22-53(23-20-32)36-26-35(51-52-43(36)47)34-11-9-10-12-38(34)56/h9-12,15-18,21,24,26,32-33,37,42,55-56H,5-8,13-14,19-20,22-23,25,27-28H2,1-4H3,(H2,47,52)(H,48,59)(H,49,57)(H,50,58)/t33-,37+,42-/m1/s1. The topological polar surface area (TPSA) is 203 Å². The van der Waals surface area contributed by atoms with Crippen molar-refractivity contribution in [2.24, 2.45) is 5.41 Å². The molecule has 0 bridgehead atoms. The predicted octanol–water partition coefficient (Wildman–Crippen LogP) is 5.70. The number of nitrogens with zero attached hydrogens (tertiary/aromatic N) is 4. The zero-order chi connectivity index (χ0) is 43.7. The summed E-state index contributed by atoms with van der Waals surface area (Å²) >= 11 is 1.69. The number of likely N-dealkylation sites (tertiary alicyclic amines) is 1. The van der Waals surface area contributed by atoms with E-state index in [1.54, 1.807) is 29.5 Å². The van der Waals surface area contributed by atoms with E-state index in [4.69, 9.17) is 5.73 Å². The fourth-order valence-electron chi connectivity index (χ4n) is 8.06. The Bertz CT molecular complexity index is 2150. The van der Waals surface area contributed by atoms with Crippen molar-refractivity contribution in [3.05, 3.63) is 77.2 Å². The lowest BCUT2D eigenvalue weighted by Crippen LogP contribution is -2.57. The van der Waals surface area contributed by atoms with Gasteiger partial charge in [0.2, 0.25) is 23.6 Å². The molecule has 4 amide bonds. The highest BCUT2D eigenvalue weighted by molar-refractivity contribution is 7.13. The number of unbranched alkanes of at least 4 members (excludes halogenated alkanes) is 3. The Hall–Kier alpha value is -5.54. The van der Waals surface area contributed by atoms with Crippen LogP contribution < -0.4 is 26.6 Å². The van der Waals surface area contributed by atoms with Crippen LogP contribution in [-0.4, -0.2) is 92.8 Å². The molecule has 0 radical (unpaired) electrons. The summed E-state index contributed by atoms with van der Waals surface area (Å²) in [5.41, 5.74) is 10.7. The number of hydrogen-bond acceptors (Lipinski definition) is 11. The maximum absolute atomic E-state index is 14.0. The molecule has 4 heterocycles. The van der Waals surface area contributed by atoms with Crippen LogP contribution in [0.4, 0.5) is 11.5 Å². The molecule has 2 aromatic carbocycles. The number of hydrogen-bond donors (Lipinski definition) is 6. The number of para-hydroxylation sites is 1. The van der Waals surface area contributed by atoms with Crippen LogP contribution in [0, 0.1) is 12.3 Å². The first-order valence-corrected chi connectivity index (χ1v) is 22.2. The van der Waals surface area contributed by atoms with E-state index in [9.17, 15) is 29.4 Å². The van der Waals surface area contributed by atoms with Crippen LogP contribution in [0.15, 0.2) is 66.0 Å². The zero-order valence-electron chi connectivity index (χ0n) is 35.7. The quantitative estimate of drug-likeness (QED) is 0.0759. The molecule has 6 rings (SSSR count). The van der Waals surface area contributed by atoms with E-state index < -0.39 is 23.6 Å². The summed E-state index contributed by atoms with van der Waals surface area (Å²) in [4.78, 5) is 58.1. The predicted molar refractivity (Wildman–Crippen MR) is 238 cm³/mol. The summed E-state index contributed by atoms with van der Waals surface area (Å²) in [5, 5.41) is 40.2. The molecule has 0 unspecified atom stereocenters. The highest BCUT2D eigenvalue weighted by Crippen LogP contribution is 2.33. The zero-order valence-corrected chi connectivity index (χ0v) is 36.5. The van der Waals surface area contributed by atoms with Crippen molar-refractivity contribution >= 4 is 46.5 Å². The number of thiophene rings is 1. The molecule has 2 fully saturated rings. The van der Waals surface area contributed by atoms with Crippen LogP contribution in [0.5, 0.6) is 5.75 Å². The molecule has 2 aliphatic heterocycles. The third kappa shape index (κ3) is 11.9. The Balaban J connectivity index is 0.891. The van der Waals surface area contributed by atoms with Crippen LogP contribution in [0.3, 0.4) is 0 Å². The number of aryl methyl sites for hydroxylation is 1. The summed E-state index contributed by atoms with van der Waals surface area (Å²) in [6, 6.07) is 17.2. The van der Waals surface area contributed by atoms with Crippen molar-refractivity contribution in [1.82, 2.24) is 31.0 Å². The highest BCUT2D eigenvalue weighted by Gasteiger charge is 2.44. The fraction of sp³-hybridized carbons (Fsp3) is 0.478. The summed E-state index contributed by atoms with van der Waals surface area (Å²) < 4.78 is 0. The number of benzene rings is 2. The maximum Gasteiger partial charge on any atom is 0.246 e. The molecule has 3 atom stereocenters. The summed E-state index contributed by atoms with van der Waals surface area (Å²) in [7, 11) is 0. The van der Waals surface area contributed by atoms with E-state index in [-0.39, 0.29) is 61.4 Å². The molecule has 14 nitrogen and oxygen atoms in total. The lowest BCUT2D eigenvalue weighted by Gasteiger charge is -2.35. The molecular formula is C46H60N8O6S. The number of amides is 4. The first kappa shape index (κ1) is 45.0. The largest absolute Gasteiger partial charge is 0.507 e. The van der Waals surface area contributed by atoms with Gasteiger partial charge in [-0.3, -0.25) is 19.2 Å². The number of aromatic hydroxyl groups is 1. The second-order valence-electron chi connectivity index (χ2n) is 17.4. The number of carbonyl (C=O) groups excluding carboxylic acids is 4. The van der Waals surface area contributed by atoms with Gasteiger partial charge in [-0.15, -0.1) is 21.5 Å². The SMILES string of the molecule is Cc1ccsc1-c1ccc(CNC(=O)[C@@H]2C[C@@H](O)CN2C(=O)[C@@H](NC(=O)CCCCCCC(=O)NC2CCN(c3cc(-c4ccccc4O)nnc3N)CC2)C(C)(C)C)cc1. The number of nitrogens with two attached hydrogens (primary N) is 1. The van der Waals surface area contributed by atoms with Crippen LogP contribution in [-0.2, 0) is 25.7 Å². The second kappa shape index (κ2) is 20.3. The number of β-amino-alcohol motifs (C(OH)–C–C–N with tert-alkyl or cyclic N) is 1. The van der Waals surface area contributed by atoms with Gasteiger partial charge in [0, 0.05) is 61.9 Å².